The van der Waals surface area contributed by atoms with Crippen LogP contribution in [0.5, 0.6) is 5.75 Å². The van der Waals surface area contributed by atoms with Crippen LogP contribution in [0.25, 0.3) is 22.3 Å². The Morgan fingerprint density at radius 1 is 0.967 bits per heavy atom. The van der Waals surface area contributed by atoms with Crippen LogP contribution >= 0.6 is 0 Å². The maximum atomic E-state index is 12.3. The first-order valence-corrected chi connectivity index (χ1v) is 9.90. The van der Waals surface area contributed by atoms with E-state index in [1.807, 2.05) is 79.7 Å². The Balaban J connectivity index is 1.37. The van der Waals surface area contributed by atoms with Crippen LogP contribution in [0, 0.1) is 6.92 Å². The van der Waals surface area contributed by atoms with Crippen molar-refractivity contribution < 1.29 is 9.53 Å². The largest absolute Gasteiger partial charge is 0.481 e. The number of hydrogen-bond acceptors (Lipinski definition) is 4. The van der Waals surface area contributed by atoms with Crippen LogP contribution in [0.15, 0.2) is 79.0 Å². The third kappa shape index (κ3) is 4.63. The van der Waals surface area contributed by atoms with E-state index in [4.69, 9.17) is 4.74 Å². The molecule has 0 aliphatic heterocycles. The van der Waals surface area contributed by atoms with Gasteiger partial charge in [-0.2, -0.15) is 0 Å². The van der Waals surface area contributed by atoms with E-state index >= 15 is 0 Å². The summed E-state index contributed by atoms with van der Waals surface area (Å²) in [6.07, 6.45) is 1.17. The van der Waals surface area contributed by atoms with Crippen LogP contribution in [0.1, 0.15) is 18.1 Å². The molecule has 1 heterocycles. The number of rotatable bonds is 6. The molecule has 0 saturated carbocycles. The quantitative estimate of drug-likeness (QED) is 0.513. The van der Waals surface area contributed by atoms with Gasteiger partial charge in [0.05, 0.1) is 22.9 Å². The molecule has 0 radical (unpaired) electrons. The summed E-state index contributed by atoms with van der Waals surface area (Å²) in [4.78, 5) is 21.5. The topological polar surface area (TPSA) is 64.1 Å². The van der Waals surface area contributed by atoms with E-state index in [1.165, 1.54) is 5.56 Å². The lowest BCUT2D eigenvalue weighted by Crippen LogP contribution is -2.35. The Hall–Kier alpha value is -3.73. The molecule has 5 heteroatoms. The standard InChI is InChI=1S/C25H23N3O2/c1-17-7-9-19(10-8-17)15-27-25(29)18(2)30-21-13-11-20(12-14-21)24-16-26-22-5-3-4-6-23(22)28-24/h3-14,16,18H,15H2,1-2H3,(H,27,29)/t18-/m0/s1. The predicted molar refractivity (Wildman–Crippen MR) is 118 cm³/mol. The minimum atomic E-state index is -0.596. The molecule has 0 saturated heterocycles. The number of hydrogen-bond donors (Lipinski definition) is 1. The first-order chi connectivity index (χ1) is 14.6. The molecule has 30 heavy (non-hydrogen) atoms. The highest BCUT2D eigenvalue weighted by atomic mass is 16.5. The van der Waals surface area contributed by atoms with Gasteiger partial charge in [0.1, 0.15) is 5.75 Å². The smallest absolute Gasteiger partial charge is 0.261 e. The second-order valence-electron chi connectivity index (χ2n) is 7.23. The normalized spacial score (nSPS) is 11.8. The number of nitrogens with zero attached hydrogens (tertiary/aromatic N) is 2. The number of aryl methyl sites for hydroxylation is 1. The second-order valence-corrected chi connectivity index (χ2v) is 7.23. The predicted octanol–water partition coefficient (Wildman–Crippen LogP) is 4.69. The number of carbonyl (C=O) groups excluding carboxylic acids is 1. The monoisotopic (exact) mass is 397 g/mol. The van der Waals surface area contributed by atoms with Crippen LogP contribution in [0.3, 0.4) is 0 Å². The average Bonchev–Trinajstić information content (AvgIpc) is 2.78. The minimum Gasteiger partial charge on any atom is -0.481 e. The molecule has 0 fully saturated rings. The molecule has 3 aromatic carbocycles. The minimum absolute atomic E-state index is 0.153. The highest BCUT2D eigenvalue weighted by molar-refractivity contribution is 5.80. The summed E-state index contributed by atoms with van der Waals surface area (Å²) in [5.41, 5.74) is 5.71. The van der Waals surface area contributed by atoms with Gasteiger partial charge in [-0.25, -0.2) is 4.98 Å². The number of carbonyl (C=O) groups is 1. The molecule has 0 aliphatic carbocycles. The van der Waals surface area contributed by atoms with Gasteiger partial charge in [0.2, 0.25) is 0 Å². The number of para-hydroxylation sites is 2. The first kappa shape index (κ1) is 19.6. The highest BCUT2D eigenvalue weighted by Gasteiger charge is 2.14. The molecule has 1 amide bonds. The first-order valence-electron chi connectivity index (χ1n) is 9.90. The van der Waals surface area contributed by atoms with Crippen molar-refractivity contribution in [1.82, 2.24) is 15.3 Å². The molecule has 1 aromatic heterocycles. The maximum absolute atomic E-state index is 12.3. The summed E-state index contributed by atoms with van der Waals surface area (Å²) in [6, 6.07) is 23.4. The molecule has 5 nitrogen and oxygen atoms in total. The van der Waals surface area contributed by atoms with Crippen molar-refractivity contribution >= 4 is 16.9 Å². The van der Waals surface area contributed by atoms with Crippen LogP contribution < -0.4 is 10.1 Å². The lowest BCUT2D eigenvalue weighted by atomic mass is 10.1. The van der Waals surface area contributed by atoms with Crippen molar-refractivity contribution in [3.8, 4) is 17.0 Å². The van der Waals surface area contributed by atoms with Crippen molar-refractivity contribution in [3.05, 3.63) is 90.1 Å². The summed E-state index contributed by atoms with van der Waals surface area (Å²) >= 11 is 0. The van der Waals surface area contributed by atoms with E-state index in [-0.39, 0.29) is 5.91 Å². The summed E-state index contributed by atoms with van der Waals surface area (Å²) in [5, 5.41) is 2.91. The lowest BCUT2D eigenvalue weighted by Gasteiger charge is -2.15. The molecule has 1 atom stereocenters. The molecule has 150 valence electrons. The molecule has 0 spiro atoms. The summed E-state index contributed by atoms with van der Waals surface area (Å²) in [5.74, 6) is 0.477. The van der Waals surface area contributed by atoms with Crippen LogP contribution in [0.2, 0.25) is 0 Å². The maximum Gasteiger partial charge on any atom is 0.261 e. The molecule has 1 N–H and O–H groups in total. The van der Waals surface area contributed by atoms with Gasteiger partial charge in [0.15, 0.2) is 6.10 Å². The summed E-state index contributed by atoms with van der Waals surface area (Å²) in [7, 11) is 0. The zero-order valence-electron chi connectivity index (χ0n) is 17.0. The molecule has 0 unspecified atom stereocenters. The molecule has 0 aliphatic rings. The zero-order chi connectivity index (χ0) is 20.9. The number of aromatic nitrogens is 2. The van der Waals surface area contributed by atoms with E-state index < -0.39 is 6.10 Å². The van der Waals surface area contributed by atoms with Crippen LogP contribution in [-0.2, 0) is 11.3 Å². The third-order valence-electron chi connectivity index (χ3n) is 4.87. The van der Waals surface area contributed by atoms with E-state index in [1.54, 1.807) is 13.1 Å². The van der Waals surface area contributed by atoms with E-state index in [0.717, 1.165) is 27.9 Å². The Kier molecular flexibility index (Phi) is 5.70. The van der Waals surface area contributed by atoms with Gasteiger partial charge in [-0.15, -0.1) is 0 Å². The van der Waals surface area contributed by atoms with Crippen LogP contribution in [-0.4, -0.2) is 22.0 Å². The van der Waals surface area contributed by atoms with E-state index in [2.05, 4.69) is 15.3 Å². The number of fused-ring (bicyclic) bond motifs is 1. The van der Waals surface area contributed by atoms with Gasteiger partial charge < -0.3 is 10.1 Å². The number of ether oxygens (including phenoxy) is 1. The van der Waals surface area contributed by atoms with Crippen molar-refractivity contribution in [2.24, 2.45) is 0 Å². The number of benzene rings is 3. The molecular formula is C25H23N3O2. The summed E-state index contributed by atoms with van der Waals surface area (Å²) < 4.78 is 5.80. The fraction of sp³-hybridized carbons (Fsp3) is 0.160. The van der Waals surface area contributed by atoms with Gasteiger partial charge in [-0.1, -0.05) is 42.0 Å². The average molecular weight is 397 g/mol. The number of nitrogens with one attached hydrogen (secondary N) is 1. The van der Waals surface area contributed by atoms with Gasteiger partial charge in [-0.3, -0.25) is 9.78 Å². The Bertz CT molecular complexity index is 1160. The fourth-order valence-corrected chi connectivity index (χ4v) is 3.10. The number of amides is 1. The molecule has 0 bridgehead atoms. The molecular weight excluding hydrogens is 374 g/mol. The summed E-state index contributed by atoms with van der Waals surface area (Å²) in [6.45, 7) is 4.26. The van der Waals surface area contributed by atoms with Gasteiger partial charge in [0, 0.05) is 12.1 Å². The van der Waals surface area contributed by atoms with Crippen LogP contribution in [0.4, 0.5) is 0 Å². The van der Waals surface area contributed by atoms with Crippen molar-refractivity contribution in [3.63, 3.8) is 0 Å². The second kappa shape index (κ2) is 8.74. The Morgan fingerprint density at radius 3 is 2.40 bits per heavy atom. The SMILES string of the molecule is Cc1ccc(CNC(=O)[C@H](C)Oc2ccc(-c3cnc4ccccc4n3)cc2)cc1. The lowest BCUT2D eigenvalue weighted by molar-refractivity contribution is -0.127. The van der Waals surface area contributed by atoms with Gasteiger partial charge in [-0.05, 0) is 55.8 Å². The molecule has 4 aromatic rings. The van der Waals surface area contributed by atoms with Gasteiger partial charge in [0.25, 0.3) is 5.91 Å². The van der Waals surface area contributed by atoms with E-state index in [0.29, 0.717) is 12.3 Å². The van der Waals surface area contributed by atoms with Crippen molar-refractivity contribution in [2.45, 2.75) is 26.5 Å². The van der Waals surface area contributed by atoms with Gasteiger partial charge >= 0.3 is 0 Å². The van der Waals surface area contributed by atoms with Crippen molar-refractivity contribution in [1.29, 1.82) is 0 Å². The van der Waals surface area contributed by atoms with Crippen molar-refractivity contribution in [2.75, 3.05) is 0 Å². The fourth-order valence-electron chi connectivity index (χ4n) is 3.10. The Labute approximate surface area is 175 Å². The Morgan fingerprint density at radius 2 is 1.67 bits per heavy atom. The highest BCUT2D eigenvalue weighted by Crippen LogP contribution is 2.22. The zero-order valence-corrected chi connectivity index (χ0v) is 17.0. The third-order valence-corrected chi connectivity index (χ3v) is 4.87. The molecule has 4 rings (SSSR count). The van der Waals surface area contributed by atoms with E-state index in [9.17, 15) is 4.79 Å².